The lowest BCUT2D eigenvalue weighted by Gasteiger charge is -2.24. The summed E-state index contributed by atoms with van der Waals surface area (Å²) < 4.78 is 43.2. The molecular weight excluding hydrogens is 527 g/mol. The number of benzene rings is 3. The van der Waals surface area contributed by atoms with Gasteiger partial charge in [-0.1, -0.05) is 35.4 Å². The molecule has 0 spiro atoms. The first-order valence-corrected chi connectivity index (χ1v) is 13.5. The lowest BCUT2D eigenvalue weighted by Crippen LogP contribution is -2.39. The van der Waals surface area contributed by atoms with Gasteiger partial charge in [0, 0.05) is 27.7 Å². The van der Waals surface area contributed by atoms with Gasteiger partial charge >= 0.3 is 0 Å². The number of carbonyl (C=O) groups is 1. The van der Waals surface area contributed by atoms with Gasteiger partial charge in [0.15, 0.2) is 0 Å². The first-order chi connectivity index (χ1) is 18.1. The Kier molecular flexibility index (Phi) is 7.99. The van der Waals surface area contributed by atoms with E-state index in [9.17, 15) is 17.6 Å². The highest BCUT2D eigenvalue weighted by molar-refractivity contribution is 7.92. The third-order valence-corrected chi connectivity index (χ3v) is 7.96. The van der Waals surface area contributed by atoms with Crippen molar-refractivity contribution in [2.45, 2.75) is 25.7 Å². The molecule has 1 N–H and O–H groups in total. The fourth-order valence-corrected chi connectivity index (χ4v) is 5.63. The first kappa shape index (κ1) is 27.1. The largest absolute Gasteiger partial charge is 0.318 e. The van der Waals surface area contributed by atoms with Crippen molar-refractivity contribution in [2.24, 2.45) is 5.10 Å². The standard InChI is InChI=1S/C28H26ClFN4O3S/c1-19-7-13-27(14-8-19)38(36,37)33(26-6-4-5-23(29)16-26)18-28(35)32-31-17-22-15-20(2)34(21(22)3)25-11-9-24(30)10-12-25/h4-17H,18H2,1-3H3,(H,32,35)/b31-17-. The van der Waals surface area contributed by atoms with Crippen LogP contribution in [0.4, 0.5) is 10.1 Å². The highest BCUT2D eigenvalue weighted by atomic mass is 35.5. The van der Waals surface area contributed by atoms with E-state index in [2.05, 4.69) is 10.5 Å². The fourth-order valence-electron chi connectivity index (χ4n) is 4.03. The van der Waals surface area contributed by atoms with Gasteiger partial charge in [0.1, 0.15) is 12.4 Å². The SMILES string of the molecule is Cc1ccc(S(=O)(=O)N(CC(=O)N/N=C\c2cc(C)n(-c3ccc(F)cc3)c2C)c2cccc(Cl)c2)cc1. The number of halogens is 2. The first-order valence-electron chi connectivity index (χ1n) is 11.7. The number of hydrogen-bond acceptors (Lipinski definition) is 4. The summed E-state index contributed by atoms with van der Waals surface area (Å²) in [4.78, 5) is 12.9. The molecule has 1 amide bonds. The minimum absolute atomic E-state index is 0.0487. The number of aromatic nitrogens is 1. The van der Waals surface area contributed by atoms with Crippen LogP contribution >= 0.6 is 11.6 Å². The van der Waals surface area contributed by atoms with Gasteiger partial charge in [0.2, 0.25) is 0 Å². The predicted octanol–water partition coefficient (Wildman–Crippen LogP) is 5.54. The smallest absolute Gasteiger partial charge is 0.264 e. The van der Waals surface area contributed by atoms with Gasteiger partial charge in [-0.25, -0.2) is 18.2 Å². The van der Waals surface area contributed by atoms with Crippen molar-refractivity contribution in [3.05, 3.63) is 112 Å². The maximum Gasteiger partial charge on any atom is 0.264 e. The lowest BCUT2D eigenvalue weighted by atomic mass is 10.2. The Morgan fingerprint density at radius 3 is 2.37 bits per heavy atom. The van der Waals surface area contributed by atoms with Crippen LogP contribution in [-0.4, -0.2) is 31.7 Å². The van der Waals surface area contributed by atoms with Crippen LogP contribution in [0.2, 0.25) is 5.02 Å². The Hall–Kier alpha value is -3.95. The Morgan fingerprint density at radius 1 is 1.03 bits per heavy atom. The minimum atomic E-state index is -4.07. The molecule has 196 valence electrons. The van der Waals surface area contributed by atoms with Crippen LogP contribution in [0.3, 0.4) is 0 Å². The molecule has 0 aliphatic carbocycles. The third-order valence-electron chi connectivity index (χ3n) is 5.94. The minimum Gasteiger partial charge on any atom is -0.318 e. The number of aryl methyl sites for hydroxylation is 2. The van der Waals surface area contributed by atoms with Gasteiger partial charge in [-0.3, -0.25) is 9.10 Å². The zero-order valence-corrected chi connectivity index (χ0v) is 22.6. The number of nitrogens with one attached hydrogen (secondary N) is 1. The molecule has 1 aromatic heterocycles. The number of carbonyl (C=O) groups excluding carboxylic acids is 1. The van der Waals surface area contributed by atoms with E-state index in [4.69, 9.17) is 11.6 Å². The molecule has 1 heterocycles. The number of rotatable bonds is 8. The van der Waals surface area contributed by atoms with Crippen molar-refractivity contribution in [1.29, 1.82) is 0 Å². The van der Waals surface area contributed by atoms with E-state index in [1.807, 2.05) is 31.4 Å². The van der Waals surface area contributed by atoms with E-state index in [-0.39, 0.29) is 16.4 Å². The highest BCUT2D eigenvalue weighted by Gasteiger charge is 2.27. The monoisotopic (exact) mass is 552 g/mol. The summed E-state index contributed by atoms with van der Waals surface area (Å²) in [5.41, 5.74) is 6.85. The molecule has 0 aliphatic rings. The summed E-state index contributed by atoms with van der Waals surface area (Å²) in [7, 11) is -4.07. The average molecular weight is 553 g/mol. The molecule has 4 rings (SSSR count). The van der Waals surface area contributed by atoms with Crippen LogP contribution in [-0.2, 0) is 14.8 Å². The molecule has 3 aromatic carbocycles. The summed E-state index contributed by atoms with van der Waals surface area (Å²) in [6, 6.07) is 20.7. The average Bonchev–Trinajstić information content (AvgIpc) is 3.16. The molecule has 0 aliphatic heterocycles. The summed E-state index contributed by atoms with van der Waals surface area (Å²) in [5.74, 6) is -0.957. The molecule has 0 bridgehead atoms. The summed E-state index contributed by atoms with van der Waals surface area (Å²) in [6.45, 7) is 5.13. The molecule has 0 atom stereocenters. The van der Waals surface area contributed by atoms with Crippen molar-refractivity contribution in [3.8, 4) is 5.69 Å². The topological polar surface area (TPSA) is 83.8 Å². The van der Waals surface area contributed by atoms with Crippen LogP contribution < -0.4 is 9.73 Å². The predicted molar refractivity (Wildman–Crippen MR) is 148 cm³/mol. The Labute approximate surface area is 226 Å². The molecule has 0 unspecified atom stereocenters. The van der Waals surface area contributed by atoms with E-state index in [0.717, 1.165) is 32.5 Å². The van der Waals surface area contributed by atoms with Crippen molar-refractivity contribution >= 4 is 39.4 Å². The zero-order chi connectivity index (χ0) is 27.4. The molecule has 10 heteroatoms. The summed E-state index contributed by atoms with van der Waals surface area (Å²) >= 11 is 6.11. The molecule has 7 nitrogen and oxygen atoms in total. The van der Waals surface area contributed by atoms with Gasteiger partial charge in [0.05, 0.1) is 16.8 Å². The maximum absolute atomic E-state index is 13.5. The molecular formula is C28H26ClFN4O3S. The van der Waals surface area contributed by atoms with Gasteiger partial charge in [0.25, 0.3) is 15.9 Å². The van der Waals surface area contributed by atoms with Gasteiger partial charge in [-0.05, 0) is 81.4 Å². The zero-order valence-electron chi connectivity index (χ0n) is 21.0. The second-order valence-corrected chi connectivity index (χ2v) is 11.0. The van der Waals surface area contributed by atoms with E-state index >= 15 is 0 Å². The fraction of sp³-hybridized carbons (Fsp3) is 0.143. The van der Waals surface area contributed by atoms with Crippen LogP contribution in [0, 0.1) is 26.6 Å². The molecule has 4 aromatic rings. The molecule has 0 saturated carbocycles. The highest BCUT2D eigenvalue weighted by Crippen LogP contribution is 2.26. The molecule has 0 saturated heterocycles. The van der Waals surface area contributed by atoms with Crippen LogP contribution in [0.15, 0.2) is 88.9 Å². The van der Waals surface area contributed by atoms with Crippen molar-refractivity contribution < 1.29 is 17.6 Å². The van der Waals surface area contributed by atoms with Crippen LogP contribution in [0.25, 0.3) is 5.69 Å². The number of hydrazone groups is 1. The van der Waals surface area contributed by atoms with Gasteiger partial charge in [-0.15, -0.1) is 0 Å². The molecule has 0 radical (unpaired) electrons. The van der Waals surface area contributed by atoms with Gasteiger partial charge < -0.3 is 4.57 Å². The van der Waals surface area contributed by atoms with Crippen molar-refractivity contribution in [3.63, 3.8) is 0 Å². The number of amides is 1. The lowest BCUT2D eigenvalue weighted by molar-refractivity contribution is -0.119. The molecule has 0 fully saturated rings. The second-order valence-electron chi connectivity index (χ2n) is 8.74. The Balaban J connectivity index is 1.55. The summed E-state index contributed by atoms with van der Waals surface area (Å²) in [5, 5.41) is 4.38. The van der Waals surface area contributed by atoms with E-state index in [0.29, 0.717) is 5.02 Å². The number of anilines is 1. The maximum atomic E-state index is 13.5. The quantitative estimate of drug-likeness (QED) is 0.230. The number of sulfonamides is 1. The Morgan fingerprint density at radius 2 is 1.71 bits per heavy atom. The van der Waals surface area contributed by atoms with E-state index < -0.39 is 22.5 Å². The molecule has 38 heavy (non-hydrogen) atoms. The van der Waals surface area contributed by atoms with E-state index in [1.165, 1.54) is 36.5 Å². The summed E-state index contributed by atoms with van der Waals surface area (Å²) in [6.07, 6.45) is 1.48. The van der Waals surface area contributed by atoms with Crippen molar-refractivity contribution in [1.82, 2.24) is 9.99 Å². The van der Waals surface area contributed by atoms with Gasteiger partial charge in [-0.2, -0.15) is 5.10 Å². The third kappa shape index (κ3) is 5.95. The van der Waals surface area contributed by atoms with Crippen molar-refractivity contribution in [2.75, 3.05) is 10.8 Å². The normalized spacial score (nSPS) is 11.6. The van der Waals surface area contributed by atoms with Crippen LogP contribution in [0.1, 0.15) is 22.5 Å². The Bertz CT molecular complexity index is 1600. The number of hydrogen-bond donors (Lipinski definition) is 1. The van der Waals surface area contributed by atoms with E-state index in [1.54, 1.807) is 42.5 Å². The number of nitrogens with zero attached hydrogens (tertiary/aromatic N) is 3. The van der Waals surface area contributed by atoms with Crippen LogP contribution in [0.5, 0.6) is 0 Å². The second kappa shape index (κ2) is 11.2.